The predicted octanol–water partition coefficient (Wildman–Crippen LogP) is 16.7. The summed E-state index contributed by atoms with van der Waals surface area (Å²) in [6.45, 7) is 47.4. The van der Waals surface area contributed by atoms with Gasteiger partial charge < -0.3 is 60.6 Å². The number of fused-ring (bicyclic) bond motifs is 2. The number of benzene rings is 2. The van der Waals surface area contributed by atoms with E-state index in [9.17, 15) is 57.3 Å². The molecule has 756 valence electrons. The largest absolute Gasteiger partial charge is 0.491 e. The van der Waals surface area contributed by atoms with Crippen LogP contribution in [0.3, 0.4) is 0 Å². The number of anilines is 1. The van der Waals surface area contributed by atoms with Crippen LogP contribution in [0.2, 0.25) is 30.5 Å². The average molecular weight is 2060 g/mol. The summed E-state index contributed by atoms with van der Waals surface area (Å²) < 4.78 is 50.6. The summed E-state index contributed by atoms with van der Waals surface area (Å²) in [4.78, 5) is 160. The van der Waals surface area contributed by atoms with Crippen LogP contribution in [0.25, 0.3) is 44.7 Å². The van der Waals surface area contributed by atoms with Crippen molar-refractivity contribution in [1.82, 2.24) is 89.0 Å². The third-order valence-electron chi connectivity index (χ3n) is 20.7. The number of nitrogens with zero attached hydrogens (tertiary/aromatic N) is 15. The molecule has 2 saturated heterocycles. The SMILES string of the molecule is C=CC(=O)N1CCN[C@@H](C)C1.CC(C)c1nc(=O)[nH]c(C(C)C)c1[N+](=O)[O-].COc1nc(C(C)C)c(-n2c(=O)[nH]c(=O)c3cc(Cl)c(-c4ccccc4F)nc32)c(C(C)C)n1.COc1nc(C(C)C)c(-n2c(=O)[nH]c(=O)c3cc(Cl)c(Cl)nc32)c(C(C)C)n1.COc1nc(C(C)C)c(N)c(C(C)C)n1.C[C@H]1CCCCN1C(=O)OC(C)(C)C.NC(=O)c1cc(Cl)c(Cl)nc1Cl.OB(O)c1ccccc1F. The fourth-order valence-electron chi connectivity index (χ4n) is 13.9. The first-order valence-electron chi connectivity index (χ1n) is 44.6. The van der Waals surface area contributed by atoms with Crippen molar-refractivity contribution >= 4 is 134 Å². The molecule has 10 N–H and O–H groups in total. The van der Waals surface area contributed by atoms with Gasteiger partial charge in [0.25, 0.3) is 17.0 Å². The van der Waals surface area contributed by atoms with Crippen LogP contribution in [0.1, 0.15) is 268 Å². The summed E-state index contributed by atoms with van der Waals surface area (Å²) in [5.41, 5.74) is 13.8. The first kappa shape index (κ1) is 117. The maximum Gasteiger partial charge on any atom is 0.491 e. The number of halogens is 8. The molecule has 37 nitrogen and oxygen atoms in total. The Labute approximate surface area is 838 Å². The number of piperazine rings is 1. The molecule has 0 spiro atoms. The molecule has 2 aliphatic rings. The van der Waals surface area contributed by atoms with Gasteiger partial charge in [-0.25, -0.2) is 52.0 Å². The third-order valence-corrected chi connectivity index (χ3v) is 22.7. The van der Waals surface area contributed by atoms with Crippen molar-refractivity contribution in [3.63, 3.8) is 0 Å². The lowest BCUT2D eigenvalue weighted by Gasteiger charge is -2.34. The Hall–Kier alpha value is -12.0. The molecule has 0 radical (unpaired) electrons. The molecule has 2 atom stereocenters. The van der Waals surface area contributed by atoms with E-state index in [2.05, 4.69) is 118 Å². The van der Waals surface area contributed by atoms with Crippen LogP contribution in [-0.2, 0) is 9.53 Å². The second kappa shape index (κ2) is 52.5. The third kappa shape index (κ3) is 31.0. The molecular formula is C94H120BCl6F2N21O16. The lowest BCUT2D eigenvalue weighted by Crippen LogP contribution is -2.50. The zero-order valence-electron chi connectivity index (χ0n) is 82.4. The zero-order valence-corrected chi connectivity index (χ0v) is 87.0. The van der Waals surface area contributed by atoms with E-state index < -0.39 is 57.8 Å². The molecule has 2 aliphatic heterocycles. The van der Waals surface area contributed by atoms with E-state index in [1.54, 1.807) is 46.9 Å². The molecule has 11 aromatic rings. The number of hydrogen-bond donors (Lipinski definition) is 8. The molecule has 46 heteroatoms. The number of amides is 3. The Morgan fingerprint density at radius 3 is 1.39 bits per heavy atom. The van der Waals surface area contributed by atoms with Crippen LogP contribution in [-0.4, -0.2) is 189 Å². The fraction of sp³-hybridized carbons (Fsp3) is 0.447. The molecule has 13 rings (SSSR count). The minimum Gasteiger partial charge on any atom is -0.467 e. The van der Waals surface area contributed by atoms with Gasteiger partial charge in [0.2, 0.25) is 5.91 Å². The number of nitrogens with two attached hydrogens (primary N) is 2. The highest BCUT2D eigenvalue weighted by Crippen LogP contribution is 2.38. The number of H-pyrrole nitrogens is 3. The van der Waals surface area contributed by atoms with Crippen LogP contribution >= 0.6 is 69.6 Å². The highest BCUT2D eigenvalue weighted by molar-refractivity contribution is 6.58. The van der Waals surface area contributed by atoms with Crippen molar-refractivity contribution in [2.75, 3.05) is 53.2 Å². The zero-order chi connectivity index (χ0) is 105. The van der Waals surface area contributed by atoms with Crippen molar-refractivity contribution in [2.24, 2.45) is 5.73 Å². The number of hydrogen-bond acceptors (Lipinski definition) is 28. The number of carbonyl (C=O) groups is 3. The number of rotatable bonds is 18. The number of ether oxygens (including phenoxy) is 4. The van der Waals surface area contributed by atoms with Crippen molar-refractivity contribution < 1.29 is 57.1 Å². The lowest BCUT2D eigenvalue weighted by atomic mass is 9.80. The van der Waals surface area contributed by atoms with E-state index >= 15 is 0 Å². The van der Waals surface area contributed by atoms with E-state index in [0.29, 0.717) is 63.6 Å². The van der Waals surface area contributed by atoms with Gasteiger partial charge in [0, 0.05) is 61.1 Å². The summed E-state index contributed by atoms with van der Waals surface area (Å²) in [6.07, 6.45) is 4.63. The van der Waals surface area contributed by atoms with Crippen molar-refractivity contribution in [1.29, 1.82) is 0 Å². The molecule has 0 saturated carbocycles. The van der Waals surface area contributed by atoms with Gasteiger partial charge in [-0.05, 0) is 132 Å². The van der Waals surface area contributed by atoms with Crippen LogP contribution < -0.4 is 64.6 Å². The average Bonchev–Trinajstić information content (AvgIpc) is 0.735. The number of nitrogens with one attached hydrogen (secondary N) is 4. The van der Waals surface area contributed by atoms with E-state index in [-0.39, 0.29) is 163 Å². The van der Waals surface area contributed by atoms with Gasteiger partial charge >= 0.3 is 54.0 Å². The predicted molar refractivity (Wildman–Crippen MR) is 542 cm³/mol. The molecule has 3 amide bonds. The Bertz CT molecular complexity index is 6460. The van der Waals surface area contributed by atoms with Gasteiger partial charge in [-0.15, -0.1) is 0 Å². The van der Waals surface area contributed by atoms with Gasteiger partial charge in [0.05, 0.1) is 115 Å². The van der Waals surface area contributed by atoms with Gasteiger partial charge in [-0.1, -0.05) is 217 Å². The summed E-state index contributed by atoms with van der Waals surface area (Å²) >= 11 is 35.1. The lowest BCUT2D eigenvalue weighted by molar-refractivity contribution is -0.387. The highest BCUT2D eigenvalue weighted by atomic mass is 35.5. The number of likely N-dealkylation sites (tertiary alicyclic amines) is 1. The molecule has 2 fully saturated rings. The number of methoxy groups -OCH3 is 3. The monoisotopic (exact) mass is 2060 g/mol. The highest BCUT2D eigenvalue weighted by Gasteiger charge is 2.33. The first-order chi connectivity index (χ1) is 65.5. The van der Waals surface area contributed by atoms with Crippen LogP contribution in [0, 0.1) is 21.7 Å². The van der Waals surface area contributed by atoms with Crippen molar-refractivity contribution in [2.45, 2.75) is 230 Å². The second-order valence-electron chi connectivity index (χ2n) is 35.4. The summed E-state index contributed by atoms with van der Waals surface area (Å²) in [5.74, 6) is -1.89. The number of piperidine rings is 1. The van der Waals surface area contributed by atoms with Crippen molar-refractivity contribution in [3.05, 3.63) is 235 Å². The van der Waals surface area contributed by atoms with Gasteiger partial charge in [-0.3, -0.25) is 39.3 Å². The molecule has 9 aromatic heterocycles. The summed E-state index contributed by atoms with van der Waals surface area (Å²) in [6, 6.07) is 17.1. The number of aromatic amines is 3. The fourth-order valence-corrected chi connectivity index (χ4v) is 15.0. The van der Waals surface area contributed by atoms with Crippen LogP contribution in [0.4, 0.5) is 25.0 Å². The molecular weight excluding hydrogens is 1940 g/mol. The van der Waals surface area contributed by atoms with Crippen LogP contribution in [0.15, 0.2) is 103 Å². The Balaban J connectivity index is 0.000000255. The quantitative estimate of drug-likeness (QED) is 0.0130. The number of nitrogen functional groups attached to an aromatic ring is 1. The smallest absolute Gasteiger partial charge is 0.467 e. The number of aromatic nitrogens is 15. The van der Waals surface area contributed by atoms with Crippen LogP contribution in [0.5, 0.6) is 18.0 Å². The molecule has 140 heavy (non-hydrogen) atoms. The Morgan fingerprint density at radius 1 is 0.571 bits per heavy atom. The van der Waals surface area contributed by atoms with Gasteiger partial charge in [0.1, 0.15) is 44.1 Å². The molecule has 0 aliphatic carbocycles. The van der Waals surface area contributed by atoms with Gasteiger partial charge in [0.15, 0.2) is 11.3 Å². The normalized spacial score (nSPS) is 13.4. The second-order valence-corrected chi connectivity index (χ2v) is 37.7. The first-order valence-corrected chi connectivity index (χ1v) is 46.8. The maximum atomic E-state index is 14.6. The van der Waals surface area contributed by atoms with E-state index in [4.69, 9.17) is 110 Å². The number of pyridine rings is 3. The molecule has 11 heterocycles. The van der Waals surface area contributed by atoms with E-state index in [1.165, 1.54) is 90.4 Å². The van der Waals surface area contributed by atoms with Gasteiger partial charge in [-0.2, -0.15) is 34.9 Å². The maximum absolute atomic E-state index is 14.6. The Kier molecular flexibility index (Phi) is 43.7. The molecule has 2 aromatic carbocycles. The molecule has 0 unspecified atom stereocenters. The summed E-state index contributed by atoms with van der Waals surface area (Å²) in [5, 5.41) is 31.8. The topological polar surface area (TPSA) is 514 Å². The van der Waals surface area contributed by atoms with E-state index in [1.807, 2.05) is 86.0 Å². The molecule has 0 bridgehead atoms. The number of carbonyl (C=O) groups excluding carboxylic acids is 3. The minimum absolute atomic E-state index is 0.0143. The number of primary amides is 1. The van der Waals surface area contributed by atoms with E-state index in [0.717, 1.165) is 50.4 Å². The minimum atomic E-state index is -1.72. The standard InChI is InChI=1S/C24H23ClFN5O3.C18H19Cl2N5O3.C11H19N3O.C11H21NO2.C10H15N3O3.C8H14N2O.C6H6BFO2.C6H3Cl3N2O/c1-11(2)17-20(18(12(3)4)29-23(28-17)34-5)31-21-14(22(32)30-24(31)33)10-15(25)19(27-21)13-8-6-7-9-16(13)26;1-7(2)11-13(12(8(3)4)22-17(21-11)28-5)25-15-9(16(26)24-18(25)27)6-10(19)14(20)23-15;1-6(2)9-8(12)10(7(3)4)14-11(13-9)15-5;1-9-7-5-6-8-12(9)10(13)14-11(2,3)4;1-5(2)7-9(13(15)16)8(6(3)4)12-10(14)11-7;1-3-8(11)10-5-4-9-7(2)6-10;8-6-4-2-1-3-5(6)7(9)10;7-3-1-2(6(10)12)4(8)11-5(3)9/h6-12H,1-5H3,(H,30,32,33);6-8H,1-5H3,(H,24,26,27);6-7H,12H2,1-5H3;9H,5-8H2,1-4H3;5-6H,1-4H3,(H,11,12,14);3,7,9H,1,4-6H2,2H3;1-4,9-10H;1H,(H2,10,12)/t;;;9-;;7-;;/m...0.0../s1. The number of nitro groups is 1. The summed E-state index contributed by atoms with van der Waals surface area (Å²) in [7, 11) is 2.80. The van der Waals surface area contributed by atoms with Crippen molar-refractivity contribution in [3.8, 4) is 40.7 Å². The Morgan fingerprint density at radius 2 is 1.00 bits per heavy atom.